The molecule has 0 saturated heterocycles. The van der Waals surface area contributed by atoms with Crippen LogP contribution in [0.3, 0.4) is 0 Å². The Kier molecular flexibility index (Phi) is 5.39. The van der Waals surface area contributed by atoms with Gasteiger partial charge in [0.05, 0.1) is 10.6 Å². The molecule has 1 aliphatic carbocycles. The Hall–Kier alpha value is -1.92. The highest BCUT2D eigenvalue weighted by atomic mass is 32.2. The third kappa shape index (κ3) is 4.19. The smallest absolute Gasteiger partial charge is 0.240 e. The Morgan fingerprint density at radius 2 is 1.92 bits per heavy atom. The molecule has 5 nitrogen and oxygen atoms in total. The third-order valence-electron chi connectivity index (χ3n) is 4.95. The third-order valence-corrected chi connectivity index (χ3v) is 6.37. The van der Waals surface area contributed by atoms with Crippen molar-refractivity contribution in [3.05, 3.63) is 42.1 Å². The van der Waals surface area contributed by atoms with Crippen LogP contribution in [0.5, 0.6) is 0 Å². The van der Waals surface area contributed by atoms with Crippen LogP contribution >= 0.6 is 0 Å². The Morgan fingerprint density at radius 3 is 2.60 bits per heavy atom. The summed E-state index contributed by atoms with van der Waals surface area (Å²) in [5, 5.41) is 0. The van der Waals surface area contributed by atoms with E-state index >= 15 is 0 Å². The number of nitrogens with two attached hydrogens (primary N) is 1. The van der Waals surface area contributed by atoms with Crippen LogP contribution in [0.1, 0.15) is 37.7 Å². The van der Waals surface area contributed by atoms with Crippen LogP contribution in [0.4, 0.5) is 5.69 Å². The largest absolute Gasteiger partial charge is 0.399 e. The van der Waals surface area contributed by atoms with Gasteiger partial charge in [0.1, 0.15) is 0 Å². The summed E-state index contributed by atoms with van der Waals surface area (Å²) >= 11 is 0. The summed E-state index contributed by atoms with van der Waals surface area (Å²) in [6.45, 7) is 0. The number of hydrogen-bond acceptors (Lipinski definition) is 4. The van der Waals surface area contributed by atoms with Crippen LogP contribution in [0, 0.1) is 5.92 Å². The summed E-state index contributed by atoms with van der Waals surface area (Å²) in [5.41, 5.74) is 9.25. The first kappa shape index (κ1) is 17.9. The Balaban J connectivity index is 2.04. The molecule has 1 aliphatic rings. The fourth-order valence-corrected chi connectivity index (χ4v) is 4.31. The standard InChI is InChI=1S/C19H25N3O2S/c1-21-25(23,24)17-8-7-15(11-14-5-3-2-4-6-14)18(13-17)19-12-16(20)9-10-22-19/h7-10,12-14,21H,2-6,11H2,1H3,(H2,20,22). The van der Waals surface area contributed by atoms with Crippen LogP contribution in [-0.4, -0.2) is 20.4 Å². The SMILES string of the molecule is CNS(=O)(=O)c1ccc(CC2CCCCC2)c(-c2cc(N)ccn2)c1. The Labute approximate surface area is 149 Å². The Bertz CT molecular complexity index is 843. The molecule has 1 aromatic carbocycles. The van der Waals surface area contributed by atoms with E-state index in [1.54, 1.807) is 30.5 Å². The minimum Gasteiger partial charge on any atom is -0.399 e. The van der Waals surface area contributed by atoms with Gasteiger partial charge >= 0.3 is 0 Å². The second-order valence-electron chi connectivity index (χ2n) is 6.71. The second-order valence-corrected chi connectivity index (χ2v) is 8.60. The van der Waals surface area contributed by atoms with Gasteiger partial charge in [-0.2, -0.15) is 0 Å². The monoisotopic (exact) mass is 359 g/mol. The lowest BCUT2D eigenvalue weighted by molar-refractivity contribution is 0.357. The highest BCUT2D eigenvalue weighted by Crippen LogP contribution is 2.32. The van der Waals surface area contributed by atoms with Gasteiger partial charge in [-0.3, -0.25) is 4.98 Å². The second kappa shape index (κ2) is 7.54. The molecular weight excluding hydrogens is 334 g/mol. The van der Waals surface area contributed by atoms with E-state index in [0.717, 1.165) is 23.2 Å². The van der Waals surface area contributed by atoms with Crippen molar-refractivity contribution in [3.8, 4) is 11.3 Å². The number of rotatable bonds is 5. The zero-order chi connectivity index (χ0) is 17.9. The molecule has 0 unspecified atom stereocenters. The molecule has 0 atom stereocenters. The van der Waals surface area contributed by atoms with Crippen molar-refractivity contribution >= 4 is 15.7 Å². The van der Waals surface area contributed by atoms with E-state index in [-0.39, 0.29) is 4.90 Å². The minimum absolute atomic E-state index is 0.251. The fraction of sp³-hybridized carbons (Fsp3) is 0.421. The van der Waals surface area contributed by atoms with Gasteiger partial charge in [-0.05, 0) is 49.2 Å². The van der Waals surface area contributed by atoms with Crippen molar-refractivity contribution in [2.75, 3.05) is 12.8 Å². The predicted molar refractivity (Wildman–Crippen MR) is 101 cm³/mol. The maximum atomic E-state index is 12.2. The molecule has 25 heavy (non-hydrogen) atoms. The molecule has 0 bridgehead atoms. The van der Waals surface area contributed by atoms with Crippen LogP contribution in [0.2, 0.25) is 0 Å². The fourth-order valence-electron chi connectivity index (χ4n) is 3.55. The molecule has 1 saturated carbocycles. The lowest BCUT2D eigenvalue weighted by Crippen LogP contribution is -2.19. The van der Waals surface area contributed by atoms with Gasteiger partial charge in [-0.25, -0.2) is 13.1 Å². The molecule has 1 aromatic heterocycles. The summed E-state index contributed by atoms with van der Waals surface area (Å²) in [6.07, 6.45) is 8.96. The maximum Gasteiger partial charge on any atom is 0.240 e. The van der Waals surface area contributed by atoms with Gasteiger partial charge in [0, 0.05) is 17.4 Å². The maximum absolute atomic E-state index is 12.2. The van der Waals surface area contributed by atoms with E-state index in [0.29, 0.717) is 11.6 Å². The van der Waals surface area contributed by atoms with Crippen molar-refractivity contribution < 1.29 is 8.42 Å². The molecule has 6 heteroatoms. The lowest BCUT2D eigenvalue weighted by atomic mass is 9.83. The molecule has 1 fully saturated rings. The molecule has 2 aromatic rings. The van der Waals surface area contributed by atoms with Crippen LogP contribution in [0.25, 0.3) is 11.3 Å². The van der Waals surface area contributed by atoms with Gasteiger partial charge < -0.3 is 5.73 Å². The first-order valence-electron chi connectivity index (χ1n) is 8.78. The number of nitrogen functional groups attached to an aromatic ring is 1. The minimum atomic E-state index is -3.50. The summed E-state index contributed by atoms with van der Waals surface area (Å²) in [4.78, 5) is 4.67. The van der Waals surface area contributed by atoms with Gasteiger partial charge in [0.25, 0.3) is 0 Å². The number of anilines is 1. The molecule has 0 radical (unpaired) electrons. The molecule has 134 valence electrons. The average Bonchev–Trinajstić information content (AvgIpc) is 2.63. The quantitative estimate of drug-likeness (QED) is 0.857. The molecule has 3 rings (SSSR count). The number of aromatic nitrogens is 1. The topological polar surface area (TPSA) is 85.1 Å². The van der Waals surface area contributed by atoms with Crippen LogP contribution in [0.15, 0.2) is 41.4 Å². The van der Waals surface area contributed by atoms with E-state index in [1.165, 1.54) is 39.2 Å². The molecular formula is C19H25N3O2S. The molecule has 3 N–H and O–H groups in total. The van der Waals surface area contributed by atoms with E-state index in [2.05, 4.69) is 9.71 Å². The molecule has 0 spiro atoms. The lowest BCUT2D eigenvalue weighted by Gasteiger charge is -2.23. The molecule has 0 aliphatic heterocycles. The van der Waals surface area contributed by atoms with Crippen LogP contribution in [-0.2, 0) is 16.4 Å². The first-order valence-corrected chi connectivity index (χ1v) is 10.3. The van der Waals surface area contributed by atoms with Crippen LogP contribution < -0.4 is 10.5 Å². The zero-order valence-electron chi connectivity index (χ0n) is 14.5. The van der Waals surface area contributed by atoms with Crippen molar-refractivity contribution in [2.45, 2.75) is 43.4 Å². The normalized spacial score (nSPS) is 16.0. The highest BCUT2D eigenvalue weighted by molar-refractivity contribution is 7.89. The van der Waals surface area contributed by atoms with Gasteiger partial charge in [-0.15, -0.1) is 0 Å². The summed E-state index contributed by atoms with van der Waals surface area (Å²) < 4.78 is 26.8. The summed E-state index contributed by atoms with van der Waals surface area (Å²) in [5.74, 6) is 0.653. The van der Waals surface area contributed by atoms with Gasteiger partial charge in [-0.1, -0.05) is 38.2 Å². The Morgan fingerprint density at radius 1 is 1.16 bits per heavy atom. The van der Waals surface area contributed by atoms with Gasteiger partial charge in [0.15, 0.2) is 0 Å². The van der Waals surface area contributed by atoms with Gasteiger partial charge in [0.2, 0.25) is 10.0 Å². The zero-order valence-corrected chi connectivity index (χ0v) is 15.3. The number of benzene rings is 1. The number of pyridine rings is 1. The number of sulfonamides is 1. The van der Waals surface area contributed by atoms with Crippen molar-refractivity contribution in [3.63, 3.8) is 0 Å². The number of nitrogens with zero attached hydrogens (tertiary/aromatic N) is 1. The number of hydrogen-bond donors (Lipinski definition) is 2. The summed E-state index contributed by atoms with van der Waals surface area (Å²) in [7, 11) is -2.08. The average molecular weight is 359 g/mol. The van der Waals surface area contributed by atoms with E-state index in [4.69, 9.17) is 5.73 Å². The van der Waals surface area contributed by atoms with E-state index < -0.39 is 10.0 Å². The van der Waals surface area contributed by atoms with E-state index in [9.17, 15) is 8.42 Å². The highest BCUT2D eigenvalue weighted by Gasteiger charge is 2.19. The molecule has 0 amide bonds. The molecule has 1 heterocycles. The first-order chi connectivity index (χ1) is 12.0. The van der Waals surface area contributed by atoms with Crippen molar-refractivity contribution in [1.29, 1.82) is 0 Å². The summed E-state index contributed by atoms with van der Waals surface area (Å²) in [6, 6.07) is 8.86. The van der Waals surface area contributed by atoms with Crippen molar-refractivity contribution in [1.82, 2.24) is 9.71 Å². The van der Waals surface area contributed by atoms with Crippen molar-refractivity contribution in [2.24, 2.45) is 5.92 Å². The van der Waals surface area contributed by atoms with E-state index in [1.807, 2.05) is 6.07 Å². The number of nitrogens with one attached hydrogen (secondary N) is 1. The predicted octanol–water partition coefficient (Wildman–Crippen LogP) is 3.36.